The third-order valence-corrected chi connectivity index (χ3v) is 14.4. The average Bonchev–Trinajstić information content (AvgIpc) is 3.29. The van der Waals surface area contributed by atoms with Gasteiger partial charge in [-0.05, 0) is 50.0 Å². The van der Waals surface area contributed by atoms with Crippen molar-refractivity contribution < 1.29 is 38.1 Å². The van der Waals surface area contributed by atoms with E-state index >= 15 is 0 Å². The highest BCUT2D eigenvalue weighted by Crippen LogP contribution is 2.12. The molecule has 3 amide bonds. The maximum Gasteiger partial charge on any atom is 0.223 e. The molecule has 11 nitrogen and oxygen atoms in total. The van der Waals surface area contributed by atoms with Crippen LogP contribution >= 0.6 is 58.8 Å². The Kier molecular flexibility index (Phi) is 50.9. The predicted octanol–water partition coefficient (Wildman–Crippen LogP) is 9.17. The maximum absolute atomic E-state index is 13.0. The van der Waals surface area contributed by atoms with E-state index in [2.05, 4.69) is 44.1 Å². The lowest BCUT2D eigenvalue weighted by molar-refractivity contribution is -0.131. The van der Waals surface area contributed by atoms with Crippen LogP contribution < -0.4 is 0 Å². The first-order chi connectivity index (χ1) is 30.9. The van der Waals surface area contributed by atoms with Crippen LogP contribution in [0, 0.1) is 0 Å². The summed E-state index contributed by atoms with van der Waals surface area (Å²) in [6.07, 6.45) is 13.0. The Morgan fingerprint density at radius 2 is 0.683 bits per heavy atom. The number of carbonyl (C=O) groups excluding carboxylic acids is 3. The molecule has 0 saturated carbocycles. The van der Waals surface area contributed by atoms with E-state index in [1.807, 2.05) is 40.2 Å². The molecule has 0 N–H and O–H groups in total. The molecule has 16 heteroatoms. The second-order valence-electron chi connectivity index (χ2n) is 15.0. The molecule has 0 bridgehead atoms. The van der Waals surface area contributed by atoms with Gasteiger partial charge in [-0.25, -0.2) is 0 Å². The highest BCUT2D eigenvalue weighted by molar-refractivity contribution is 8.00. The zero-order valence-electron chi connectivity index (χ0n) is 40.3. The Labute approximate surface area is 407 Å². The van der Waals surface area contributed by atoms with E-state index in [4.69, 9.17) is 23.7 Å². The van der Waals surface area contributed by atoms with Crippen molar-refractivity contribution in [1.82, 2.24) is 14.7 Å². The third-order valence-electron chi connectivity index (χ3n) is 9.52. The van der Waals surface area contributed by atoms with Gasteiger partial charge in [-0.1, -0.05) is 53.0 Å². The number of ether oxygens (including phenoxy) is 5. The quantitative estimate of drug-likeness (QED) is 0.0428. The van der Waals surface area contributed by atoms with Gasteiger partial charge >= 0.3 is 0 Å². The van der Waals surface area contributed by atoms with Crippen LogP contribution in [0.25, 0.3) is 0 Å². The second-order valence-corrected chi connectivity index (χ2v) is 21.2. The fourth-order valence-corrected chi connectivity index (χ4v) is 9.72. The fraction of sp³-hybridized carbons (Fsp3) is 0.894. The highest BCUT2D eigenvalue weighted by Gasteiger charge is 2.14. The highest BCUT2D eigenvalue weighted by atomic mass is 32.2. The van der Waals surface area contributed by atoms with Crippen LogP contribution in [0.4, 0.5) is 0 Å². The molecule has 0 rings (SSSR count). The number of nitrogens with zero attached hydrogens (tertiary/aromatic N) is 3. The Balaban J connectivity index is 3.79. The molecule has 0 saturated heterocycles. The molecule has 0 aromatic carbocycles. The Bertz CT molecular complexity index is 1040. The van der Waals surface area contributed by atoms with Crippen LogP contribution in [0.5, 0.6) is 0 Å². The molecule has 0 aromatic rings. The number of amides is 3. The SMILES string of the molecule is C=CCN(CCCC)C(=O)CCSCCOCCOCCSCCCN(CCCC)C(=O)CCSCCOCCOCCSCCCN(CCCC)C(=O)CCSCCOCCC. The van der Waals surface area contributed by atoms with Gasteiger partial charge in [0.15, 0.2) is 0 Å². The van der Waals surface area contributed by atoms with E-state index in [0.717, 1.165) is 161 Å². The molecule has 0 atom stereocenters. The van der Waals surface area contributed by atoms with Crippen molar-refractivity contribution in [3.8, 4) is 0 Å². The Morgan fingerprint density at radius 1 is 0.381 bits per heavy atom. The second kappa shape index (κ2) is 51.1. The number of hydrogen-bond donors (Lipinski definition) is 0. The molecule has 0 aliphatic heterocycles. The summed E-state index contributed by atoms with van der Waals surface area (Å²) in [6.45, 7) is 23.9. The standard InChI is InChI=1S/C47H91N3O8S5/c1-6-11-20-48(19-9-4)45(51)16-37-62-43-33-57-28-26-55-31-40-60-36-15-24-50(22-13-8-3)47(53)18-39-63-44-34-58-29-27-56-32-41-59-35-14-23-49(21-12-7-2)46(52)17-38-61-42-30-54-25-10-5/h9H,4,6-8,10-44H2,1-3,5H3. The topological polar surface area (TPSA) is 107 Å². The zero-order chi connectivity index (χ0) is 46.1. The molecule has 0 aliphatic rings. The van der Waals surface area contributed by atoms with E-state index in [1.165, 1.54) is 0 Å². The van der Waals surface area contributed by atoms with Crippen LogP contribution in [0.15, 0.2) is 12.7 Å². The Morgan fingerprint density at radius 3 is 1.02 bits per heavy atom. The molecule has 0 aromatic heterocycles. The number of carbonyl (C=O) groups is 3. The van der Waals surface area contributed by atoms with E-state index in [9.17, 15) is 14.4 Å². The maximum atomic E-state index is 13.0. The lowest BCUT2D eigenvalue weighted by Gasteiger charge is -2.22. The van der Waals surface area contributed by atoms with Crippen molar-refractivity contribution in [2.24, 2.45) is 0 Å². The van der Waals surface area contributed by atoms with Crippen LogP contribution in [0.2, 0.25) is 0 Å². The molecule has 372 valence electrons. The van der Waals surface area contributed by atoms with Crippen LogP contribution in [-0.2, 0) is 38.1 Å². The van der Waals surface area contributed by atoms with Gasteiger partial charge in [0.05, 0.1) is 59.5 Å². The minimum Gasteiger partial charge on any atom is -0.381 e. The monoisotopic (exact) mass is 986 g/mol. The minimum atomic E-state index is 0.211. The summed E-state index contributed by atoms with van der Waals surface area (Å²) >= 11 is 9.12. The number of thioether (sulfide) groups is 5. The third kappa shape index (κ3) is 42.8. The van der Waals surface area contributed by atoms with Crippen molar-refractivity contribution in [1.29, 1.82) is 0 Å². The Hall–Kier alpha value is -0.300. The van der Waals surface area contributed by atoms with E-state index in [-0.39, 0.29) is 17.7 Å². The minimum absolute atomic E-state index is 0.211. The van der Waals surface area contributed by atoms with Crippen molar-refractivity contribution >= 4 is 76.5 Å². The van der Waals surface area contributed by atoms with Gasteiger partial charge in [0.1, 0.15) is 0 Å². The van der Waals surface area contributed by atoms with Crippen molar-refractivity contribution in [3.63, 3.8) is 0 Å². The van der Waals surface area contributed by atoms with Crippen molar-refractivity contribution in [3.05, 3.63) is 12.7 Å². The van der Waals surface area contributed by atoms with Crippen LogP contribution in [0.3, 0.4) is 0 Å². The molecule has 0 spiro atoms. The van der Waals surface area contributed by atoms with E-state index in [0.29, 0.717) is 78.7 Å². The zero-order valence-corrected chi connectivity index (χ0v) is 44.4. The number of unbranched alkanes of at least 4 members (excludes halogenated alkanes) is 3. The molecule has 0 heterocycles. The average molecular weight is 987 g/mol. The number of rotatable bonds is 51. The summed E-state index contributed by atoms with van der Waals surface area (Å²) in [5.41, 5.74) is 0. The lowest BCUT2D eigenvalue weighted by Crippen LogP contribution is -2.33. The van der Waals surface area contributed by atoms with E-state index in [1.54, 1.807) is 29.6 Å². The first-order valence-corrected chi connectivity index (χ1v) is 29.9. The van der Waals surface area contributed by atoms with Gasteiger partial charge in [0.2, 0.25) is 17.7 Å². The van der Waals surface area contributed by atoms with Crippen LogP contribution in [-0.4, -0.2) is 195 Å². The largest absolute Gasteiger partial charge is 0.381 e. The molecule has 0 radical (unpaired) electrons. The van der Waals surface area contributed by atoms with Gasteiger partial charge in [-0.15, -0.1) is 6.58 Å². The first-order valence-electron chi connectivity index (χ1n) is 24.2. The molecular formula is C47H91N3O8S5. The van der Waals surface area contributed by atoms with Crippen LogP contribution in [0.1, 0.15) is 105 Å². The van der Waals surface area contributed by atoms with E-state index < -0.39 is 0 Å². The van der Waals surface area contributed by atoms with Gasteiger partial charge in [-0.2, -0.15) is 58.8 Å². The molecule has 63 heavy (non-hydrogen) atoms. The van der Waals surface area contributed by atoms with Gasteiger partial charge in [0, 0.05) is 111 Å². The summed E-state index contributed by atoms with van der Waals surface area (Å²) in [6, 6.07) is 0. The smallest absolute Gasteiger partial charge is 0.223 e. The summed E-state index contributed by atoms with van der Waals surface area (Å²) in [4.78, 5) is 44.2. The molecular weight excluding hydrogens is 895 g/mol. The fourth-order valence-electron chi connectivity index (χ4n) is 5.90. The summed E-state index contributed by atoms with van der Waals surface area (Å²) < 4.78 is 28.5. The van der Waals surface area contributed by atoms with Gasteiger partial charge in [-0.3, -0.25) is 14.4 Å². The normalized spacial score (nSPS) is 11.3. The molecule has 0 fully saturated rings. The van der Waals surface area contributed by atoms with Gasteiger partial charge in [0.25, 0.3) is 0 Å². The summed E-state index contributed by atoms with van der Waals surface area (Å²) in [5.74, 6) is 9.93. The lowest BCUT2D eigenvalue weighted by atomic mass is 10.2. The molecule has 0 aliphatic carbocycles. The molecule has 0 unspecified atom stereocenters. The van der Waals surface area contributed by atoms with Crippen molar-refractivity contribution in [2.75, 3.05) is 163 Å². The first kappa shape index (κ1) is 62.7. The number of hydrogen-bond acceptors (Lipinski definition) is 13. The van der Waals surface area contributed by atoms with Gasteiger partial charge < -0.3 is 38.4 Å². The predicted molar refractivity (Wildman–Crippen MR) is 279 cm³/mol. The van der Waals surface area contributed by atoms with Crippen molar-refractivity contribution in [2.45, 2.75) is 105 Å². The summed E-state index contributed by atoms with van der Waals surface area (Å²) in [7, 11) is 0. The summed E-state index contributed by atoms with van der Waals surface area (Å²) in [5, 5.41) is 0.